The molecule has 1 heterocycles. The lowest BCUT2D eigenvalue weighted by atomic mass is 10.0. The Morgan fingerprint density at radius 1 is 1.64 bits per heavy atom. The lowest BCUT2D eigenvalue weighted by molar-refractivity contribution is -0.0809. The van der Waals surface area contributed by atoms with Crippen LogP contribution in [-0.4, -0.2) is 30.2 Å². The molecule has 0 saturated carbocycles. The second kappa shape index (κ2) is 3.22. The zero-order valence-electron chi connectivity index (χ0n) is 6.54. The van der Waals surface area contributed by atoms with Gasteiger partial charge >= 0.3 is 0 Å². The van der Waals surface area contributed by atoms with E-state index in [9.17, 15) is 5.11 Å². The van der Waals surface area contributed by atoms with Crippen molar-refractivity contribution < 1.29 is 14.6 Å². The molecular weight excluding hydrogens is 144 g/mol. The van der Waals surface area contributed by atoms with Gasteiger partial charge < -0.3 is 14.6 Å². The molecule has 1 unspecified atom stereocenters. The molecule has 11 heavy (non-hydrogen) atoms. The molecule has 1 atom stereocenters. The number of rotatable bonds is 2. The quantitative estimate of drug-likeness (QED) is 0.578. The summed E-state index contributed by atoms with van der Waals surface area (Å²) in [5, 5.41) is 9.39. The van der Waals surface area contributed by atoms with E-state index in [1.807, 2.05) is 0 Å². The van der Waals surface area contributed by atoms with E-state index in [1.165, 1.54) is 0 Å². The van der Waals surface area contributed by atoms with Gasteiger partial charge in [0.25, 0.3) is 0 Å². The first-order valence-electron chi connectivity index (χ1n) is 3.57. The van der Waals surface area contributed by atoms with Crippen LogP contribution in [0.3, 0.4) is 0 Å². The van der Waals surface area contributed by atoms with Crippen LogP contribution >= 0.6 is 0 Å². The van der Waals surface area contributed by atoms with Crippen LogP contribution in [0.15, 0.2) is 0 Å². The van der Waals surface area contributed by atoms with Gasteiger partial charge in [0.1, 0.15) is 5.60 Å². The fraction of sp³-hybridized carbons (Fsp3) is 0.750. The van der Waals surface area contributed by atoms with Crippen molar-refractivity contribution >= 4 is 0 Å². The molecule has 0 spiro atoms. The van der Waals surface area contributed by atoms with Gasteiger partial charge in [-0.05, 0) is 6.92 Å². The molecule has 1 fully saturated rings. The first-order chi connectivity index (χ1) is 5.14. The molecule has 3 nitrogen and oxygen atoms in total. The molecule has 1 aliphatic rings. The number of aliphatic hydroxyl groups is 1. The van der Waals surface area contributed by atoms with E-state index in [0.29, 0.717) is 19.6 Å². The average molecular weight is 156 g/mol. The minimum Gasteiger partial charge on any atom is -0.378 e. The smallest absolute Gasteiger partial charge is 0.161 e. The Kier molecular flexibility index (Phi) is 2.50. The zero-order valence-corrected chi connectivity index (χ0v) is 6.54. The first-order valence-corrected chi connectivity index (χ1v) is 3.57. The number of hydrogen-bond acceptors (Lipinski definition) is 3. The Bertz CT molecular complexity index is 163. The van der Waals surface area contributed by atoms with E-state index in [4.69, 9.17) is 15.9 Å². The van der Waals surface area contributed by atoms with Crippen molar-refractivity contribution in [2.45, 2.75) is 25.2 Å². The lowest BCUT2D eigenvalue weighted by Crippen LogP contribution is -2.28. The molecule has 0 aliphatic carbocycles. The molecule has 1 N–H and O–H groups in total. The minimum absolute atomic E-state index is 0.332. The third-order valence-electron chi connectivity index (χ3n) is 1.57. The predicted molar refractivity (Wildman–Crippen MR) is 39.8 cm³/mol. The van der Waals surface area contributed by atoms with Crippen molar-refractivity contribution in [2.24, 2.45) is 0 Å². The third kappa shape index (κ3) is 2.51. The summed E-state index contributed by atoms with van der Waals surface area (Å²) in [6, 6.07) is 0. The molecule has 0 amide bonds. The van der Waals surface area contributed by atoms with Gasteiger partial charge in [-0.15, -0.1) is 6.42 Å². The Morgan fingerprint density at radius 2 is 2.18 bits per heavy atom. The summed E-state index contributed by atoms with van der Waals surface area (Å²) >= 11 is 0. The summed E-state index contributed by atoms with van der Waals surface area (Å²) in [6.45, 7) is 2.74. The fourth-order valence-electron chi connectivity index (χ4n) is 0.909. The van der Waals surface area contributed by atoms with Crippen LogP contribution in [0, 0.1) is 12.3 Å². The normalized spacial score (nSPS) is 24.5. The van der Waals surface area contributed by atoms with E-state index in [1.54, 1.807) is 6.92 Å². The largest absolute Gasteiger partial charge is 0.378 e. The monoisotopic (exact) mass is 156 g/mol. The van der Waals surface area contributed by atoms with E-state index < -0.39 is 5.60 Å². The highest BCUT2D eigenvalue weighted by molar-refractivity contribution is 5.04. The van der Waals surface area contributed by atoms with Crippen LogP contribution in [0.25, 0.3) is 0 Å². The van der Waals surface area contributed by atoms with Crippen LogP contribution < -0.4 is 0 Å². The van der Waals surface area contributed by atoms with E-state index in [0.717, 1.165) is 0 Å². The Hall–Kier alpha value is -0.560. The number of terminal acetylenes is 1. The average Bonchev–Trinajstić information content (AvgIpc) is 2.39. The van der Waals surface area contributed by atoms with Gasteiger partial charge in [0.05, 0.1) is 13.2 Å². The summed E-state index contributed by atoms with van der Waals surface area (Å²) in [4.78, 5) is 0. The zero-order chi connectivity index (χ0) is 8.32. The molecule has 3 heteroatoms. The molecule has 0 radical (unpaired) electrons. The topological polar surface area (TPSA) is 38.7 Å². The molecule has 1 rings (SSSR count). The summed E-state index contributed by atoms with van der Waals surface area (Å²) in [7, 11) is 0. The maximum absolute atomic E-state index is 9.39. The van der Waals surface area contributed by atoms with Gasteiger partial charge in [-0.1, -0.05) is 5.92 Å². The van der Waals surface area contributed by atoms with Crippen molar-refractivity contribution in [3.8, 4) is 12.3 Å². The van der Waals surface area contributed by atoms with Gasteiger partial charge in [0.15, 0.2) is 6.29 Å². The summed E-state index contributed by atoms with van der Waals surface area (Å²) < 4.78 is 10.2. The Balaban J connectivity index is 2.35. The number of hydrogen-bond donors (Lipinski definition) is 1. The van der Waals surface area contributed by atoms with Crippen LogP contribution in [0.1, 0.15) is 13.3 Å². The van der Waals surface area contributed by atoms with Crippen LogP contribution in [0.5, 0.6) is 0 Å². The lowest BCUT2D eigenvalue weighted by Gasteiger charge is -2.19. The molecule has 1 saturated heterocycles. The van der Waals surface area contributed by atoms with E-state index in [2.05, 4.69) is 5.92 Å². The molecule has 0 aromatic heterocycles. The Labute approximate surface area is 66.3 Å². The van der Waals surface area contributed by atoms with Crippen molar-refractivity contribution in [2.75, 3.05) is 13.2 Å². The standard InChI is InChI=1S/C8H12O3/c1-3-8(2,9)6-7-10-4-5-11-7/h1,7,9H,4-6H2,2H3. The summed E-state index contributed by atoms with van der Waals surface area (Å²) in [5.41, 5.74) is -1.12. The van der Waals surface area contributed by atoms with E-state index in [-0.39, 0.29) is 6.29 Å². The van der Waals surface area contributed by atoms with Gasteiger partial charge in [0.2, 0.25) is 0 Å². The SMILES string of the molecule is C#CC(C)(O)CC1OCCO1. The van der Waals surface area contributed by atoms with Gasteiger partial charge in [-0.3, -0.25) is 0 Å². The van der Waals surface area contributed by atoms with E-state index >= 15 is 0 Å². The van der Waals surface area contributed by atoms with Crippen molar-refractivity contribution in [1.29, 1.82) is 0 Å². The van der Waals surface area contributed by atoms with Gasteiger partial charge in [0, 0.05) is 6.42 Å². The highest BCUT2D eigenvalue weighted by Crippen LogP contribution is 2.17. The second-order valence-electron chi connectivity index (χ2n) is 2.79. The molecule has 62 valence electrons. The second-order valence-corrected chi connectivity index (χ2v) is 2.79. The molecule has 1 aliphatic heterocycles. The summed E-state index contributed by atoms with van der Waals surface area (Å²) in [5.74, 6) is 2.26. The van der Waals surface area contributed by atoms with Crippen LogP contribution in [0.2, 0.25) is 0 Å². The maximum atomic E-state index is 9.39. The fourth-order valence-corrected chi connectivity index (χ4v) is 0.909. The van der Waals surface area contributed by atoms with Crippen LogP contribution in [-0.2, 0) is 9.47 Å². The third-order valence-corrected chi connectivity index (χ3v) is 1.57. The maximum Gasteiger partial charge on any atom is 0.161 e. The van der Waals surface area contributed by atoms with Crippen molar-refractivity contribution in [1.82, 2.24) is 0 Å². The highest BCUT2D eigenvalue weighted by atomic mass is 16.7. The van der Waals surface area contributed by atoms with Crippen LogP contribution in [0.4, 0.5) is 0 Å². The Morgan fingerprint density at radius 3 is 2.64 bits per heavy atom. The summed E-state index contributed by atoms with van der Waals surface area (Å²) in [6.07, 6.45) is 5.08. The first kappa shape index (κ1) is 8.54. The van der Waals surface area contributed by atoms with Gasteiger partial charge in [-0.25, -0.2) is 0 Å². The predicted octanol–water partition coefficient (Wildman–Crippen LogP) is 0.134. The van der Waals surface area contributed by atoms with Crippen molar-refractivity contribution in [3.63, 3.8) is 0 Å². The van der Waals surface area contributed by atoms with Gasteiger partial charge in [-0.2, -0.15) is 0 Å². The minimum atomic E-state index is -1.12. The number of ether oxygens (including phenoxy) is 2. The molecule has 0 aromatic carbocycles. The van der Waals surface area contributed by atoms with Crippen molar-refractivity contribution in [3.05, 3.63) is 0 Å². The molecular formula is C8H12O3. The highest BCUT2D eigenvalue weighted by Gasteiger charge is 2.26. The molecule has 0 aromatic rings. The molecule has 0 bridgehead atoms.